The van der Waals surface area contributed by atoms with Crippen LogP contribution in [-0.4, -0.2) is 28.6 Å². The van der Waals surface area contributed by atoms with Gasteiger partial charge in [-0.3, -0.25) is 14.9 Å². The summed E-state index contributed by atoms with van der Waals surface area (Å²) in [6, 6.07) is 7.57. The number of nitrogens with one attached hydrogen (secondary N) is 1. The molecule has 0 saturated carbocycles. The summed E-state index contributed by atoms with van der Waals surface area (Å²) in [6.07, 6.45) is -3.38. The second-order valence-corrected chi connectivity index (χ2v) is 4.52. The van der Waals surface area contributed by atoms with Gasteiger partial charge in [0.1, 0.15) is 5.56 Å². The summed E-state index contributed by atoms with van der Waals surface area (Å²) in [5.41, 5.74) is -0.125. The van der Waals surface area contributed by atoms with Crippen molar-refractivity contribution < 1.29 is 27.6 Å². The third kappa shape index (κ3) is 4.66. The average molecular weight is 341 g/mol. The molecular weight excluding hydrogens is 331 g/mol. The third-order valence-electron chi connectivity index (χ3n) is 2.72. The van der Waals surface area contributed by atoms with Gasteiger partial charge >= 0.3 is 6.18 Å². The number of non-ortho nitro benzene ring substituents is 1. The largest absolute Gasteiger partial charge is 0.467 e. The van der Waals surface area contributed by atoms with Crippen LogP contribution in [0, 0.1) is 10.1 Å². The average Bonchev–Trinajstić information content (AvgIpc) is 2.53. The number of hydrogen-bond donors (Lipinski definition) is 1. The summed E-state index contributed by atoms with van der Waals surface area (Å²) in [4.78, 5) is 25.7. The Labute approximate surface area is 133 Å². The van der Waals surface area contributed by atoms with Crippen LogP contribution in [-0.2, 0) is 0 Å². The maximum absolute atomic E-state index is 12.2. The van der Waals surface area contributed by atoms with Gasteiger partial charge in [0.05, 0.1) is 4.92 Å². The molecule has 0 aliphatic carbocycles. The van der Waals surface area contributed by atoms with Crippen LogP contribution >= 0.6 is 0 Å². The van der Waals surface area contributed by atoms with Crippen LogP contribution in [0.5, 0.6) is 5.88 Å². The molecule has 1 amide bonds. The number of aromatic nitrogens is 1. The molecule has 0 fully saturated rings. The standard InChI is InChI=1S/C14H10F3N3O4/c15-14(16,17)8-24-13-11(2-1-7-18-13)12(21)19-9-3-5-10(6-4-9)20(22)23/h1-7H,8H2,(H,19,21). The lowest BCUT2D eigenvalue weighted by Gasteiger charge is -2.12. The van der Waals surface area contributed by atoms with E-state index < -0.39 is 29.5 Å². The molecule has 0 aliphatic rings. The van der Waals surface area contributed by atoms with Crippen molar-refractivity contribution >= 4 is 17.3 Å². The van der Waals surface area contributed by atoms with Gasteiger partial charge in [0, 0.05) is 24.0 Å². The second kappa shape index (κ2) is 6.94. The number of alkyl halides is 3. The zero-order valence-corrected chi connectivity index (χ0v) is 11.9. The van der Waals surface area contributed by atoms with E-state index in [2.05, 4.69) is 15.0 Å². The lowest BCUT2D eigenvalue weighted by molar-refractivity contribution is -0.384. The Morgan fingerprint density at radius 3 is 2.50 bits per heavy atom. The number of carbonyl (C=O) groups is 1. The number of carbonyl (C=O) groups excluding carboxylic acids is 1. The molecule has 7 nitrogen and oxygen atoms in total. The molecule has 2 aromatic rings. The highest BCUT2D eigenvalue weighted by molar-refractivity contribution is 6.05. The van der Waals surface area contributed by atoms with Crippen molar-refractivity contribution in [3.05, 3.63) is 58.3 Å². The van der Waals surface area contributed by atoms with Crippen molar-refractivity contribution in [2.75, 3.05) is 11.9 Å². The number of anilines is 1. The van der Waals surface area contributed by atoms with E-state index in [0.717, 1.165) is 0 Å². The number of benzene rings is 1. The minimum Gasteiger partial charge on any atom is -0.467 e. The predicted molar refractivity (Wildman–Crippen MR) is 76.8 cm³/mol. The first-order valence-electron chi connectivity index (χ1n) is 6.46. The van der Waals surface area contributed by atoms with Crippen LogP contribution in [0.3, 0.4) is 0 Å². The van der Waals surface area contributed by atoms with E-state index in [1.165, 1.54) is 42.6 Å². The summed E-state index contributed by atoms with van der Waals surface area (Å²) in [7, 11) is 0. The van der Waals surface area contributed by atoms with Crippen molar-refractivity contribution in [1.82, 2.24) is 4.98 Å². The fourth-order valence-electron chi connectivity index (χ4n) is 1.69. The van der Waals surface area contributed by atoms with Gasteiger partial charge in [-0.15, -0.1) is 0 Å². The Hall–Kier alpha value is -3.17. The highest BCUT2D eigenvalue weighted by Crippen LogP contribution is 2.22. The lowest BCUT2D eigenvalue weighted by Crippen LogP contribution is -2.21. The molecule has 0 spiro atoms. The van der Waals surface area contributed by atoms with Crippen LogP contribution < -0.4 is 10.1 Å². The van der Waals surface area contributed by atoms with Gasteiger partial charge in [-0.2, -0.15) is 13.2 Å². The Morgan fingerprint density at radius 1 is 1.25 bits per heavy atom. The molecule has 0 saturated heterocycles. The van der Waals surface area contributed by atoms with E-state index in [-0.39, 0.29) is 16.9 Å². The van der Waals surface area contributed by atoms with Gasteiger partial charge in [-0.05, 0) is 24.3 Å². The van der Waals surface area contributed by atoms with Crippen molar-refractivity contribution in [3.8, 4) is 5.88 Å². The zero-order valence-electron chi connectivity index (χ0n) is 11.9. The molecule has 1 aromatic carbocycles. The number of nitro groups is 1. The van der Waals surface area contributed by atoms with E-state index >= 15 is 0 Å². The minimum absolute atomic E-state index is 0.163. The first-order valence-corrected chi connectivity index (χ1v) is 6.46. The van der Waals surface area contributed by atoms with Crippen molar-refractivity contribution in [2.24, 2.45) is 0 Å². The molecule has 1 heterocycles. The first kappa shape index (κ1) is 17.2. The number of rotatable bonds is 5. The SMILES string of the molecule is O=C(Nc1ccc([N+](=O)[O-])cc1)c1cccnc1OCC(F)(F)F. The molecule has 0 radical (unpaired) electrons. The van der Waals surface area contributed by atoms with Crippen LogP contribution in [0.4, 0.5) is 24.5 Å². The van der Waals surface area contributed by atoms with E-state index in [1.54, 1.807) is 0 Å². The quantitative estimate of drug-likeness (QED) is 0.666. The molecule has 0 unspecified atom stereocenters. The van der Waals surface area contributed by atoms with Crippen molar-refractivity contribution in [2.45, 2.75) is 6.18 Å². The lowest BCUT2D eigenvalue weighted by atomic mass is 10.2. The van der Waals surface area contributed by atoms with Gasteiger partial charge in [-0.25, -0.2) is 4.98 Å². The Bertz CT molecular complexity index is 748. The third-order valence-corrected chi connectivity index (χ3v) is 2.72. The van der Waals surface area contributed by atoms with Gasteiger partial charge in [0.15, 0.2) is 6.61 Å². The van der Waals surface area contributed by atoms with Crippen LogP contribution in [0.25, 0.3) is 0 Å². The summed E-state index contributed by atoms with van der Waals surface area (Å²) in [5.74, 6) is -1.22. The predicted octanol–water partition coefficient (Wildman–Crippen LogP) is 3.18. The van der Waals surface area contributed by atoms with Crippen LogP contribution in [0.2, 0.25) is 0 Å². The molecule has 24 heavy (non-hydrogen) atoms. The summed E-state index contributed by atoms with van der Waals surface area (Å²) in [5, 5.41) is 13.0. The zero-order chi connectivity index (χ0) is 17.7. The van der Waals surface area contributed by atoms with Gasteiger partial charge in [0.2, 0.25) is 5.88 Å². The van der Waals surface area contributed by atoms with E-state index in [9.17, 15) is 28.1 Å². The number of ether oxygens (including phenoxy) is 1. The Balaban J connectivity index is 2.13. The van der Waals surface area contributed by atoms with E-state index in [1.807, 2.05) is 0 Å². The summed E-state index contributed by atoms with van der Waals surface area (Å²) >= 11 is 0. The fourth-order valence-corrected chi connectivity index (χ4v) is 1.69. The van der Waals surface area contributed by atoms with Crippen LogP contribution in [0.15, 0.2) is 42.6 Å². The van der Waals surface area contributed by atoms with Crippen LogP contribution in [0.1, 0.15) is 10.4 Å². The van der Waals surface area contributed by atoms with E-state index in [4.69, 9.17) is 0 Å². The molecule has 0 bridgehead atoms. The number of halogens is 3. The molecule has 10 heteroatoms. The van der Waals surface area contributed by atoms with Crippen molar-refractivity contribution in [3.63, 3.8) is 0 Å². The van der Waals surface area contributed by atoms with E-state index in [0.29, 0.717) is 0 Å². The number of pyridine rings is 1. The maximum atomic E-state index is 12.2. The topological polar surface area (TPSA) is 94.4 Å². The molecular formula is C14H10F3N3O4. The fraction of sp³-hybridized carbons (Fsp3) is 0.143. The number of nitro benzene ring substituents is 1. The number of hydrogen-bond acceptors (Lipinski definition) is 5. The first-order chi connectivity index (χ1) is 11.3. The smallest absolute Gasteiger partial charge is 0.422 e. The minimum atomic E-state index is -4.57. The Kier molecular flexibility index (Phi) is 4.97. The summed E-state index contributed by atoms with van der Waals surface area (Å²) < 4.78 is 41.2. The molecule has 0 atom stereocenters. The van der Waals surface area contributed by atoms with Crippen molar-refractivity contribution in [1.29, 1.82) is 0 Å². The second-order valence-electron chi connectivity index (χ2n) is 4.52. The maximum Gasteiger partial charge on any atom is 0.422 e. The highest BCUT2D eigenvalue weighted by atomic mass is 19.4. The highest BCUT2D eigenvalue weighted by Gasteiger charge is 2.29. The Morgan fingerprint density at radius 2 is 1.92 bits per heavy atom. The summed E-state index contributed by atoms with van der Waals surface area (Å²) in [6.45, 7) is -1.58. The van der Waals surface area contributed by atoms with Gasteiger partial charge in [-0.1, -0.05) is 0 Å². The van der Waals surface area contributed by atoms with Gasteiger partial charge < -0.3 is 10.1 Å². The molecule has 126 valence electrons. The molecule has 0 aliphatic heterocycles. The van der Waals surface area contributed by atoms with Gasteiger partial charge in [0.25, 0.3) is 11.6 Å². The number of nitrogens with zero attached hydrogens (tertiary/aromatic N) is 2. The monoisotopic (exact) mass is 341 g/mol. The molecule has 1 aromatic heterocycles. The normalized spacial score (nSPS) is 11.0. The molecule has 2 rings (SSSR count). The molecule has 1 N–H and O–H groups in total. The number of amides is 1.